The lowest BCUT2D eigenvalue weighted by Gasteiger charge is -2.33. The molecule has 1 aliphatic rings. The average Bonchev–Trinajstić information content (AvgIpc) is 3.00. The van der Waals surface area contributed by atoms with Gasteiger partial charge in [0.2, 0.25) is 0 Å². The maximum absolute atomic E-state index is 13.7. The quantitative estimate of drug-likeness (QED) is 0.862. The molecule has 1 saturated heterocycles. The number of halogens is 2. The van der Waals surface area contributed by atoms with Crippen molar-refractivity contribution in [3.8, 4) is 0 Å². The molecule has 0 radical (unpaired) electrons. The molecule has 0 unspecified atom stereocenters. The lowest BCUT2D eigenvalue weighted by molar-refractivity contribution is 0.270. The number of piperazine rings is 1. The molecule has 0 atom stereocenters. The second-order valence-corrected chi connectivity index (χ2v) is 5.40. The first-order valence-electron chi connectivity index (χ1n) is 7.47. The fourth-order valence-electron chi connectivity index (χ4n) is 2.65. The van der Waals surface area contributed by atoms with Gasteiger partial charge in [0.1, 0.15) is 11.6 Å². The third-order valence-electron chi connectivity index (χ3n) is 4.05. The Kier molecular flexibility index (Phi) is 4.33. The highest BCUT2D eigenvalue weighted by Gasteiger charge is 2.18. The molecule has 118 valence electrons. The van der Waals surface area contributed by atoms with Gasteiger partial charge in [-0.05, 0) is 18.7 Å². The first kappa shape index (κ1) is 14.9. The van der Waals surface area contributed by atoms with Crippen molar-refractivity contribution >= 4 is 5.82 Å². The maximum atomic E-state index is 13.7. The number of rotatable bonds is 4. The van der Waals surface area contributed by atoms with Gasteiger partial charge < -0.3 is 9.80 Å². The Bertz CT molecular complexity index is 614. The lowest BCUT2D eigenvalue weighted by Crippen LogP contribution is -2.46. The zero-order chi connectivity index (χ0) is 15.5. The van der Waals surface area contributed by atoms with E-state index in [1.807, 2.05) is 0 Å². The van der Waals surface area contributed by atoms with Crippen molar-refractivity contribution in [3.05, 3.63) is 41.6 Å². The highest BCUT2D eigenvalue weighted by molar-refractivity contribution is 5.35. The van der Waals surface area contributed by atoms with E-state index in [2.05, 4.69) is 27.0 Å². The van der Waals surface area contributed by atoms with E-state index in [9.17, 15) is 8.78 Å². The monoisotopic (exact) mass is 307 g/mol. The third-order valence-corrected chi connectivity index (χ3v) is 4.05. The molecule has 2 heterocycles. The molecular weight excluding hydrogens is 288 g/mol. The van der Waals surface area contributed by atoms with Crippen molar-refractivity contribution in [2.45, 2.75) is 13.5 Å². The summed E-state index contributed by atoms with van der Waals surface area (Å²) in [5.41, 5.74) is 0.00903. The third kappa shape index (κ3) is 3.09. The highest BCUT2D eigenvalue weighted by atomic mass is 19.1. The summed E-state index contributed by atoms with van der Waals surface area (Å²) in [6.45, 7) is 7.00. The molecular formula is C15H19F2N5. The van der Waals surface area contributed by atoms with E-state index in [0.29, 0.717) is 0 Å². The summed E-state index contributed by atoms with van der Waals surface area (Å²) in [7, 11) is 0. The van der Waals surface area contributed by atoms with E-state index in [0.717, 1.165) is 38.5 Å². The topological polar surface area (TPSA) is 37.2 Å². The normalized spacial score (nSPS) is 16.2. The Morgan fingerprint density at radius 1 is 1.09 bits per heavy atom. The Morgan fingerprint density at radius 2 is 1.77 bits per heavy atom. The van der Waals surface area contributed by atoms with Crippen molar-refractivity contribution in [1.29, 1.82) is 0 Å². The number of nitrogens with zero attached hydrogens (tertiary/aromatic N) is 5. The van der Waals surface area contributed by atoms with E-state index < -0.39 is 11.6 Å². The highest BCUT2D eigenvalue weighted by Crippen LogP contribution is 2.16. The van der Waals surface area contributed by atoms with Crippen molar-refractivity contribution in [2.75, 3.05) is 37.6 Å². The van der Waals surface area contributed by atoms with Crippen LogP contribution in [0.15, 0.2) is 24.4 Å². The summed E-state index contributed by atoms with van der Waals surface area (Å²) in [6, 6.07) is 3.86. The molecule has 2 aromatic rings. The molecule has 0 aliphatic carbocycles. The van der Waals surface area contributed by atoms with Crippen LogP contribution in [0.5, 0.6) is 0 Å². The molecule has 3 rings (SSSR count). The zero-order valence-electron chi connectivity index (χ0n) is 12.5. The Balaban J connectivity index is 1.69. The van der Waals surface area contributed by atoms with E-state index in [1.165, 1.54) is 22.9 Å². The molecule has 0 bridgehead atoms. The molecule has 1 aliphatic heterocycles. The van der Waals surface area contributed by atoms with Crippen LogP contribution in [0.4, 0.5) is 14.6 Å². The van der Waals surface area contributed by atoms with Gasteiger partial charge in [0.15, 0.2) is 5.82 Å². The second-order valence-electron chi connectivity index (χ2n) is 5.40. The average molecular weight is 307 g/mol. The molecule has 0 spiro atoms. The summed E-state index contributed by atoms with van der Waals surface area (Å²) in [5.74, 6) is -0.366. The van der Waals surface area contributed by atoms with Crippen LogP contribution in [-0.4, -0.2) is 52.6 Å². The minimum atomic E-state index is -0.561. The van der Waals surface area contributed by atoms with Gasteiger partial charge in [-0.1, -0.05) is 18.2 Å². The van der Waals surface area contributed by atoms with Crippen LogP contribution in [0.3, 0.4) is 0 Å². The number of aromatic nitrogens is 3. The molecule has 5 nitrogen and oxygen atoms in total. The standard InChI is InChI=1S/C15H19F2N5/c1-2-20-6-8-21(9-7-20)15-11-22(19-18-15)10-12-13(16)4-3-5-14(12)17/h3-5,11H,2,6-10H2,1H3. The van der Waals surface area contributed by atoms with Crippen molar-refractivity contribution in [2.24, 2.45) is 0 Å². The predicted octanol–water partition coefficient (Wildman–Crippen LogP) is 1.75. The summed E-state index contributed by atoms with van der Waals surface area (Å²) in [4.78, 5) is 4.52. The Hall–Kier alpha value is -2.02. The summed E-state index contributed by atoms with van der Waals surface area (Å²) >= 11 is 0. The van der Waals surface area contributed by atoms with Gasteiger partial charge in [0.05, 0.1) is 12.7 Å². The molecule has 1 fully saturated rings. The van der Waals surface area contributed by atoms with Crippen LogP contribution in [0, 0.1) is 11.6 Å². The van der Waals surface area contributed by atoms with E-state index in [-0.39, 0.29) is 12.1 Å². The minimum Gasteiger partial charge on any atom is -0.351 e. The van der Waals surface area contributed by atoms with Crippen LogP contribution < -0.4 is 4.90 Å². The first-order valence-corrected chi connectivity index (χ1v) is 7.47. The van der Waals surface area contributed by atoms with Crippen molar-refractivity contribution < 1.29 is 8.78 Å². The summed E-state index contributed by atoms with van der Waals surface area (Å²) in [6.07, 6.45) is 1.74. The van der Waals surface area contributed by atoms with Crippen LogP contribution in [0.25, 0.3) is 0 Å². The SMILES string of the molecule is CCN1CCN(c2cn(Cc3c(F)cccc3F)nn2)CC1. The molecule has 0 amide bonds. The zero-order valence-corrected chi connectivity index (χ0v) is 12.5. The van der Waals surface area contributed by atoms with Crippen LogP contribution in [0.2, 0.25) is 0 Å². The fourth-order valence-corrected chi connectivity index (χ4v) is 2.65. The van der Waals surface area contributed by atoms with Gasteiger partial charge in [-0.2, -0.15) is 0 Å². The van der Waals surface area contributed by atoms with E-state index in [1.54, 1.807) is 6.20 Å². The number of hydrogen-bond acceptors (Lipinski definition) is 4. The number of benzene rings is 1. The van der Waals surface area contributed by atoms with Gasteiger partial charge in [0, 0.05) is 31.7 Å². The van der Waals surface area contributed by atoms with E-state index in [4.69, 9.17) is 0 Å². The number of likely N-dealkylation sites (N-methyl/N-ethyl adjacent to an activating group) is 1. The summed E-state index contributed by atoms with van der Waals surface area (Å²) in [5, 5.41) is 8.11. The molecule has 0 saturated carbocycles. The van der Waals surface area contributed by atoms with Gasteiger partial charge >= 0.3 is 0 Å². The van der Waals surface area contributed by atoms with E-state index >= 15 is 0 Å². The number of anilines is 1. The first-order chi connectivity index (χ1) is 10.7. The summed E-state index contributed by atoms with van der Waals surface area (Å²) < 4.78 is 28.8. The van der Waals surface area contributed by atoms with Gasteiger partial charge in [-0.25, -0.2) is 13.5 Å². The Morgan fingerprint density at radius 3 is 2.41 bits per heavy atom. The Labute approximate surface area is 128 Å². The van der Waals surface area contributed by atoms with Crippen LogP contribution in [0.1, 0.15) is 12.5 Å². The molecule has 1 aromatic carbocycles. The van der Waals surface area contributed by atoms with Gasteiger partial charge in [-0.3, -0.25) is 0 Å². The fraction of sp³-hybridized carbons (Fsp3) is 0.467. The maximum Gasteiger partial charge on any atom is 0.171 e. The minimum absolute atomic E-state index is 0.00903. The molecule has 0 N–H and O–H groups in total. The van der Waals surface area contributed by atoms with Crippen molar-refractivity contribution in [1.82, 2.24) is 19.9 Å². The van der Waals surface area contributed by atoms with Gasteiger partial charge in [0.25, 0.3) is 0 Å². The molecule has 1 aromatic heterocycles. The van der Waals surface area contributed by atoms with Crippen LogP contribution >= 0.6 is 0 Å². The molecule has 7 heteroatoms. The molecule has 22 heavy (non-hydrogen) atoms. The second kappa shape index (κ2) is 6.39. The predicted molar refractivity (Wildman–Crippen MR) is 79.8 cm³/mol. The smallest absolute Gasteiger partial charge is 0.171 e. The van der Waals surface area contributed by atoms with Gasteiger partial charge in [-0.15, -0.1) is 5.10 Å². The number of hydrogen-bond donors (Lipinski definition) is 0. The largest absolute Gasteiger partial charge is 0.351 e. The van der Waals surface area contributed by atoms with Crippen LogP contribution in [-0.2, 0) is 6.54 Å². The lowest BCUT2D eigenvalue weighted by atomic mass is 10.2. The van der Waals surface area contributed by atoms with Crippen molar-refractivity contribution in [3.63, 3.8) is 0 Å².